The van der Waals surface area contributed by atoms with Gasteiger partial charge in [0.25, 0.3) is 5.69 Å². The summed E-state index contributed by atoms with van der Waals surface area (Å²) >= 11 is 0. The monoisotopic (exact) mass is 431 g/mol. The second-order valence-electron chi connectivity index (χ2n) is 8.49. The fraction of sp³-hybridized carbons (Fsp3) is 0.632. The van der Waals surface area contributed by atoms with Crippen LogP contribution in [0.25, 0.3) is 0 Å². The number of hydrogen-bond donors (Lipinski definition) is 0. The van der Waals surface area contributed by atoms with Crippen LogP contribution in [0.15, 0.2) is 18.2 Å². The number of fused-ring (bicyclic) bond motifs is 2. The summed E-state index contributed by atoms with van der Waals surface area (Å²) in [7, 11) is 0. The van der Waals surface area contributed by atoms with Crippen molar-refractivity contribution in [2.24, 2.45) is 0 Å². The van der Waals surface area contributed by atoms with Gasteiger partial charge in [0.15, 0.2) is 0 Å². The van der Waals surface area contributed by atoms with E-state index in [1.165, 1.54) is 0 Å². The molecule has 2 fully saturated rings. The zero-order chi connectivity index (χ0) is 22.3. The van der Waals surface area contributed by atoms with E-state index in [4.69, 9.17) is 9.47 Å². The van der Waals surface area contributed by atoms with Gasteiger partial charge in [0.2, 0.25) is 0 Å². The first-order valence-electron chi connectivity index (χ1n) is 9.56. The maximum absolute atomic E-state index is 13.0. The Balaban J connectivity index is 1.55. The molecule has 0 saturated carbocycles. The second kappa shape index (κ2) is 7.93. The fourth-order valence-electron chi connectivity index (χ4n) is 3.78. The van der Waals surface area contributed by atoms with Gasteiger partial charge in [0, 0.05) is 37.8 Å². The molecule has 11 heteroatoms. The number of likely N-dealkylation sites (tertiary alicyclic amines) is 2. The van der Waals surface area contributed by atoms with E-state index in [2.05, 4.69) is 4.90 Å². The Morgan fingerprint density at radius 3 is 2.43 bits per heavy atom. The first kappa shape index (κ1) is 22.1. The fourth-order valence-corrected chi connectivity index (χ4v) is 3.78. The molecule has 8 nitrogen and oxygen atoms in total. The minimum absolute atomic E-state index is 0.0273. The number of carbonyl (C=O) groups excluding carboxylic acids is 1. The smallest absolute Gasteiger partial charge is 0.416 e. The lowest BCUT2D eigenvalue weighted by atomic mass is 10.2. The van der Waals surface area contributed by atoms with E-state index in [0.717, 1.165) is 18.6 Å². The molecule has 0 spiro atoms. The van der Waals surface area contributed by atoms with Gasteiger partial charge >= 0.3 is 12.3 Å². The number of ether oxygens (including phenoxy) is 2. The van der Waals surface area contributed by atoms with Gasteiger partial charge in [-0.3, -0.25) is 15.0 Å². The lowest BCUT2D eigenvalue weighted by Gasteiger charge is -2.35. The lowest BCUT2D eigenvalue weighted by molar-refractivity contribution is -0.385. The lowest BCUT2D eigenvalue weighted by Crippen LogP contribution is -2.50. The van der Waals surface area contributed by atoms with Crippen LogP contribution in [0.4, 0.5) is 23.7 Å². The van der Waals surface area contributed by atoms with Gasteiger partial charge in [-0.25, -0.2) is 4.79 Å². The average Bonchev–Trinajstić information content (AvgIpc) is 3.19. The third-order valence-electron chi connectivity index (χ3n) is 5.06. The summed E-state index contributed by atoms with van der Waals surface area (Å²) in [4.78, 5) is 26.1. The van der Waals surface area contributed by atoms with Gasteiger partial charge in [-0.2, -0.15) is 13.2 Å². The van der Waals surface area contributed by atoms with Crippen LogP contribution in [-0.4, -0.2) is 64.7 Å². The zero-order valence-electron chi connectivity index (χ0n) is 16.9. The molecule has 30 heavy (non-hydrogen) atoms. The van der Waals surface area contributed by atoms with Crippen LogP contribution in [0, 0.1) is 10.1 Å². The molecule has 2 atom stereocenters. The number of benzene rings is 1. The summed E-state index contributed by atoms with van der Waals surface area (Å²) in [6.07, 6.45) is -4.25. The molecule has 0 N–H and O–H groups in total. The standard InChI is InChI=1S/C19H24F3N3O5/c1-18(2,3)30-17(26)24-11-14-8-15(24)10-23(14)4-5-29-16-7-12(19(20,21)22)6-13(9-16)25(27)28/h6-7,9,14-15H,4-5,8,10-11H2,1-3H3/t14-,15?/m0/s1. The number of nitro benzene ring substituents is 1. The molecule has 2 heterocycles. The van der Waals surface area contributed by atoms with Gasteiger partial charge in [-0.1, -0.05) is 0 Å². The molecule has 2 saturated heterocycles. The van der Waals surface area contributed by atoms with E-state index in [9.17, 15) is 28.1 Å². The normalized spacial score (nSPS) is 21.7. The summed E-state index contributed by atoms with van der Waals surface area (Å²) < 4.78 is 49.7. The predicted octanol–water partition coefficient (Wildman–Crippen LogP) is 3.69. The molecule has 2 aliphatic rings. The molecule has 0 aliphatic carbocycles. The predicted molar refractivity (Wildman–Crippen MR) is 100 cm³/mol. The van der Waals surface area contributed by atoms with Crippen molar-refractivity contribution in [3.05, 3.63) is 33.9 Å². The van der Waals surface area contributed by atoms with Gasteiger partial charge in [0.1, 0.15) is 18.0 Å². The third-order valence-corrected chi connectivity index (χ3v) is 5.06. The second-order valence-corrected chi connectivity index (χ2v) is 8.49. The Kier molecular flexibility index (Phi) is 5.85. The molecular formula is C19H24F3N3O5. The Labute approximate surface area is 171 Å². The number of amides is 1. The molecule has 0 radical (unpaired) electrons. The number of alkyl halides is 3. The molecule has 1 amide bonds. The molecule has 2 aliphatic heterocycles. The number of hydrogen-bond acceptors (Lipinski definition) is 6. The van der Waals surface area contributed by atoms with Crippen molar-refractivity contribution in [2.45, 2.75) is 51.1 Å². The van der Waals surface area contributed by atoms with Crippen LogP contribution in [-0.2, 0) is 10.9 Å². The van der Waals surface area contributed by atoms with Crippen molar-refractivity contribution >= 4 is 11.8 Å². The summed E-state index contributed by atoms with van der Waals surface area (Å²) in [5, 5.41) is 10.9. The number of piperazine rings is 1. The maximum atomic E-state index is 13.0. The molecule has 1 aromatic rings. The highest BCUT2D eigenvalue weighted by Crippen LogP contribution is 2.35. The Morgan fingerprint density at radius 2 is 1.90 bits per heavy atom. The van der Waals surface area contributed by atoms with Gasteiger partial charge in [-0.05, 0) is 33.3 Å². The minimum atomic E-state index is -4.71. The van der Waals surface area contributed by atoms with Crippen molar-refractivity contribution in [3.63, 3.8) is 0 Å². The molecule has 0 aromatic heterocycles. The van der Waals surface area contributed by atoms with Gasteiger partial charge in [-0.15, -0.1) is 0 Å². The SMILES string of the molecule is CC(C)(C)OC(=O)N1C[C@@H]2CC1CN2CCOc1cc([N+](=O)[O-])cc(C(F)(F)F)c1. The Morgan fingerprint density at radius 1 is 1.20 bits per heavy atom. The number of nitro groups is 1. The van der Waals surface area contributed by atoms with Crippen LogP contribution < -0.4 is 4.74 Å². The molecule has 1 unspecified atom stereocenters. The number of halogens is 3. The van der Waals surface area contributed by atoms with Crippen LogP contribution >= 0.6 is 0 Å². The quantitative estimate of drug-likeness (QED) is 0.522. The van der Waals surface area contributed by atoms with Crippen molar-refractivity contribution < 1.29 is 32.4 Å². The average molecular weight is 431 g/mol. The van der Waals surface area contributed by atoms with Crippen LogP contribution in [0.3, 0.4) is 0 Å². The molecule has 3 rings (SSSR count). The minimum Gasteiger partial charge on any atom is -0.492 e. The van der Waals surface area contributed by atoms with E-state index in [0.29, 0.717) is 25.7 Å². The number of carbonyl (C=O) groups is 1. The van der Waals surface area contributed by atoms with Crippen LogP contribution in [0.5, 0.6) is 5.75 Å². The van der Waals surface area contributed by atoms with Gasteiger partial charge < -0.3 is 14.4 Å². The van der Waals surface area contributed by atoms with Gasteiger partial charge in [0.05, 0.1) is 16.6 Å². The first-order chi connectivity index (χ1) is 13.8. The highest BCUT2D eigenvalue weighted by atomic mass is 19.4. The maximum Gasteiger partial charge on any atom is 0.416 e. The topological polar surface area (TPSA) is 85.2 Å². The summed E-state index contributed by atoms with van der Waals surface area (Å²) in [5.74, 6) is -0.198. The van der Waals surface area contributed by atoms with Crippen LogP contribution in [0.1, 0.15) is 32.8 Å². The number of non-ortho nitro benzene ring substituents is 1. The van der Waals surface area contributed by atoms with Crippen molar-refractivity contribution in [1.82, 2.24) is 9.80 Å². The summed E-state index contributed by atoms with van der Waals surface area (Å²) in [6, 6.07) is 2.38. The summed E-state index contributed by atoms with van der Waals surface area (Å²) in [6.45, 7) is 7.08. The number of nitrogens with zero attached hydrogens (tertiary/aromatic N) is 3. The van der Waals surface area contributed by atoms with E-state index in [-0.39, 0.29) is 30.5 Å². The molecule has 2 bridgehead atoms. The molecule has 166 valence electrons. The zero-order valence-corrected chi connectivity index (χ0v) is 16.9. The largest absolute Gasteiger partial charge is 0.492 e. The number of rotatable bonds is 5. The van der Waals surface area contributed by atoms with E-state index >= 15 is 0 Å². The highest BCUT2D eigenvalue weighted by Gasteiger charge is 2.46. The van der Waals surface area contributed by atoms with E-state index in [1.807, 2.05) is 0 Å². The summed E-state index contributed by atoms with van der Waals surface area (Å²) in [5.41, 5.74) is -2.37. The van der Waals surface area contributed by atoms with Crippen molar-refractivity contribution in [1.29, 1.82) is 0 Å². The van der Waals surface area contributed by atoms with Crippen LogP contribution in [0.2, 0.25) is 0 Å². The third kappa shape index (κ3) is 5.13. The highest BCUT2D eigenvalue weighted by molar-refractivity contribution is 5.69. The van der Waals surface area contributed by atoms with Crippen molar-refractivity contribution in [3.8, 4) is 5.75 Å². The van der Waals surface area contributed by atoms with E-state index in [1.54, 1.807) is 25.7 Å². The Bertz CT molecular complexity index is 825. The van der Waals surface area contributed by atoms with Crippen molar-refractivity contribution in [2.75, 3.05) is 26.2 Å². The van der Waals surface area contributed by atoms with E-state index < -0.39 is 28.0 Å². The first-order valence-corrected chi connectivity index (χ1v) is 9.56. The molecule has 1 aromatic carbocycles. The Hall–Kier alpha value is -2.56. The molecular weight excluding hydrogens is 407 g/mol.